The number of aryl methyl sites for hydroxylation is 1. The van der Waals surface area contributed by atoms with E-state index >= 15 is 0 Å². The maximum atomic E-state index is 10.8. The van der Waals surface area contributed by atoms with Crippen LogP contribution in [0.15, 0.2) is 30.5 Å². The van der Waals surface area contributed by atoms with Crippen LogP contribution in [0.1, 0.15) is 15.9 Å². The second-order valence-corrected chi connectivity index (χ2v) is 4.48. The molecular weight excluding hydrogens is 266 g/mol. The molecule has 0 aliphatic heterocycles. The van der Waals surface area contributed by atoms with Gasteiger partial charge in [-0.3, -0.25) is 0 Å². The second kappa shape index (κ2) is 5.16. The van der Waals surface area contributed by atoms with Gasteiger partial charge in [0.2, 0.25) is 0 Å². The zero-order valence-electron chi connectivity index (χ0n) is 10.1. The highest BCUT2D eigenvalue weighted by Crippen LogP contribution is 2.28. The van der Waals surface area contributed by atoms with E-state index in [1.807, 2.05) is 25.1 Å². The Morgan fingerprint density at radius 1 is 1.42 bits per heavy atom. The number of nitrogens with zero attached hydrogens (tertiary/aromatic N) is 1. The first-order valence-electron chi connectivity index (χ1n) is 5.49. The summed E-state index contributed by atoms with van der Waals surface area (Å²) in [5.41, 5.74) is 7.74. The smallest absolute Gasteiger partial charge is 0.337 e. The summed E-state index contributed by atoms with van der Waals surface area (Å²) < 4.78 is 0. The van der Waals surface area contributed by atoms with E-state index < -0.39 is 5.97 Å². The van der Waals surface area contributed by atoms with Crippen molar-refractivity contribution in [1.82, 2.24) is 4.98 Å². The van der Waals surface area contributed by atoms with E-state index in [4.69, 9.17) is 22.4 Å². The average molecular weight is 278 g/mol. The number of anilines is 3. The normalized spacial score (nSPS) is 10.2. The molecule has 0 aliphatic carbocycles. The van der Waals surface area contributed by atoms with Crippen molar-refractivity contribution in [1.29, 1.82) is 0 Å². The molecule has 0 amide bonds. The zero-order chi connectivity index (χ0) is 14.0. The summed E-state index contributed by atoms with van der Waals surface area (Å²) in [6, 6.07) is 6.87. The third-order valence-electron chi connectivity index (χ3n) is 2.54. The highest BCUT2D eigenvalue weighted by Gasteiger charge is 2.09. The maximum absolute atomic E-state index is 10.8. The van der Waals surface area contributed by atoms with Gasteiger partial charge in [0, 0.05) is 6.20 Å². The topological polar surface area (TPSA) is 88.2 Å². The fourth-order valence-electron chi connectivity index (χ4n) is 1.55. The monoisotopic (exact) mass is 277 g/mol. The minimum atomic E-state index is -1.07. The molecule has 1 heterocycles. The van der Waals surface area contributed by atoms with Gasteiger partial charge in [0.15, 0.2) is 5.82 Å². The molecule has 2 aromatic rings. The highest BCUT2D eigenvalue weighted by atomic mass is 35.5. The number of aromatic nitrogens is 1. The number of hydrogen-bond donors (Lipinski definition) is 3. The van der Waals surface area contributed by atoms with E-state index in [0.29, 0.717) is 16.5 Å². The van der Waals surface area contributed by atoms with E-state index in [1.165, 1.54) is 12.3 Å². The third-order valence-corrected chi connectivity index (χ3v) is 2.85. The number of nitrogens with one attached hydrogen (secondary N) is 1. The number of carboxylic acids is 1. The van der Waals surface area contributed by atoms with Gasteiger partial charge in [-0.1, -0.05) is 17.7 Å². The summed E-state index contributed by atoms with van der Waals surface area (Å²) in [7, 11) is 0. The Kier molecular flexibility index (Phi) is 3.57. The van der Waals surface area contributed by atoms with Gasteiger partial charge in [0.25, 0.3) is 0 Å². The van der Waals surface area contributed by atoms with E-state index in [2.05, 4.69) is 10.3 Å². The van der Waals surface area contributed by atoms with Gasteiger partial charge in [-0.25, -0.2) is 9.78 Å². The van der Waals surface area contributed by atoms with E-state index in [9.17, 15) is 4.79 Å². The molecular formula is C13H12ClN3O2. The van der Waals surface area contributed by atoms with E-state index in [1.54, 1.807) is 0 Å². The Hall–Kier alpha value is -2.27. The summed E-state index contributed by atoms with van der Waals surface area (Å²) in [5, 5.41) is 12.3. The lowest BCUT2D eigenvalue weighted by molar-refractivity contribution is 0.0696. The minimum Gasteiger partial charge on any atom is -0.478 e. The van der Waals surface area contributed by atoms with Crippen LogP contribution in [0, 0.1) is 6.92 Å². The molecule has 0 fully saturated rings. The first-order valence-corrected chi connectivity index (χ1v) is 5.87. The Bertz CT molecular complexity index is 644. The summed E-state index contributed by atoms with van der Waals surface area (Å²) >= 11 is 6.09. The second-order valence-electron chi connectivity index (χ2n) is 4.08. The largest absolute Gasteiger partial charge is 0.478 e. The van der Waals surface area contributed by atoms with Crippen molar-refractivity contribution >= 4 is 34.8 Å². The summed E-state index contributed by atoms with van der Waals surface area (Å²) in [6.07, 6.45) is 1.24. The molecule has 19 heavy (non-hydrogen) atoms. The maximum Gasteiger partial charge on any atom is 0.337 e. The van der Waals surface area contributed by atoms with Gasteiger partial charge < -0.3 is 16.2 Å². The molecule has 98 valence electrons. The fourth-order valence-corrected chi connectivity index (χ4v) is 1.83. The molecule has 0 saturated carbocycles. The molecule has 6 heteroatoms. The van der Waals surface area contributed by atoms with Crippen LogP contribution >= 0.6 is 11.6 Å². The number of benzene rings is 1. The van der Waals surface area contributed by atoms with Gasteiger partial charge in [0.1, 0.15) is 0 Å². The van der Waals surface area contributed by atoms with Crippen LogP contribution in [0.3, 0.4) is 0 Å². The van der Waals surface area contributed by atoms with Crippen LogP contribution in [0.4, 0.5) is 17.2 Å². The number of aromatic carboxylic acids is 1. The van der Waals surface area contributed by atoms with Crippen LogP contribution in [0.25, 0.3) is 0 Å². The number of pyridine rings is 1. The van der Waals surface area contributed by atoms with Crippen LogP contribution < -0.4 is 11.1 Å². The van der Waals surface area contributed by atoms with Crippen molar-refractivity contribution in [2.75, 3.05) is 11.1 Å². The van der Waals surface area contributed by atoms with Crippen molar-refractivity contribution in [3.05, 3.63) is 46.6 Å². The Morgan fingerprint density at radius 3 is 2.74 bits per heavy atom. The van der Waals surface area contributed by atoms with Gasteiger partial charge >= 0.3 is 5.97 Å². The summed E-state index contributed by atoms with van der Waals surface area (Å²) in [6.45, 7) is 1.93. The van der Waals surface area contributed by atoms with Crippen LogP contribution in [0.2, 0.25) is 5.02 Å². The van der Waals surface area contributed by atoms with Crippen molar-refractivity contribution < 1.29 is 9.90 Å². The predicted molar refractivity (Wildman–Crippen MR) is 75.1 cm³/mol. The van der Waals surface area contributed by atoms with Gasteiger partial charge in [-0.2, -0.15) is 0 Å². The highest BCUT2D eigenvalue weighted by molar-refractivity contribution is 6.33. The summed E-state index contributed by atoms with van der Waals surface area (Å²) in [5.74, 6) is -0.699. The summed E-state index contributed by atoms with van der Waals surface area (Å²) in [4.78, 5) is 14.8. The number of halogens is 1. The molecule has 0 spiro atoms. The van der Waals surface area contributed by atoms with Gasteiger partial charge in [-0.15, -0.1) is 0 Å². The Labute approximate surface area is 115 Å². The molecule has 0 atom stereocenters. The standard InChI is InChI=1S/C13H12ClN3O2/c1-7-2-3-11(9(14)4-7)17-12-10(15)5-8(6-16-12)13(18)19/h2-6H,15H2,1H3,(H,16,17)(H,18,19). The van der Waals surface area contributed by atoms with Crippen molar-refractivity contribution in [2.24, 2.45) is 0 Å². The lowest BCUT2D eigenvalue weighted by atomic mass is 10.2. The quantitative estimate of drug-likeness (QED) is 0.802. The van der Waals surface area contributed by atoms with Gasteiger partial charge in [0.05, 0.1) is 22.0 Å². The van der Waals surface area contributed by atoms with E-state index in [-0.39, 0.29) is 11.3 Å². The molecule has 5 nitrogen and oxygen atoms in total. The number of rotatable bonds is 3. The van der Waals surface area contributed by atoms with Crippen molar-refractivity contribution in [2.45, 2.75) is 6.92 Å². The molecule has 2 rings (SSSR count). The number of carboxylic acid groups (broad SMARTS) is 1. The Morgan fingerprint density at radius 2 is 2.16 bits per heavy atom. The van der Waals surface area contributed by atoms with Crippen molar-refractivity contribution in [3.63, 3.8) is 0 Å². The molecule has 4 N–H and O–H groups in total. The molecule has 0 unspecified atom stereocenters. The molecule has 0 bridgehead atoms. The lowest BCUT2D eigenvalue weighted by Gasteiger charge is -2.10. The SMILES string of the molecule is Cc1ccc(Nc2ncc(C(=O)O)cc2N)c(Cl)c1. The number of carbonyl (C=O) groups is 1. The molecule has 0 radical (unpaired) electrons. The van der Waals surface area contributed by atoms with Crippen LogP contribution in [-0.4, -0.2) is 16.1 Å². The molecule has 1 aromatic heterocycles. The number of nitrogens with two attached hydrogens (primary N) is 1. The molecule has 0 saturated heterocycles. The van der Waals surface area contributed by atoms with Crippen molar-refractivity contribution in [3.8, 4) is 0 Å². The Balaban J connectivity index is 2.31. The number of hydrogen-bond acceptors (Lipinski definition) is 4. The minimum absolute atomic E-state index is 0.0399. The van der Waals surface area contributed by atoms with Gasteiger partial charge in [-0.05, 0) is 30.7 Å². The molecule has 0 aliphatic rings. The molecule has 1 aromatic carbocycles. The first-order chi connectivity index (χ1) is 8.97. The lowest BCUT2D eigenvalue weighted by Crippen LogP contribution is -2.04. The fraction of sp³-hybridized carbons (Fsp3) is 0.0769. The predicted octanol–water partition coefficient (Wildman–Crippen LogP) is 3.07. The van der Waals surface area contributed by atoms with Crippen LogP contribution in [-0.2, 0) is 0 Å². The zero-order valence-corrected chi connectivity index (χ0v) is 10.9. The first kappa shape index (κ1) is 13.2. The third kappa shape index (κ3) is 2.95. The average Bonchev–Trinajstić information content (AvgIpc) is 2.34. The van der Waals surface area contributed by atoms with E-state index in [0.717, 1.165) is 5.56 Å². The number of nitrogen functional groups attached to an aromatic ring is 1. The van der Waals surface area contributed by atoms with Crippen LogP contribution in [0.5, 0.6) is 0 Å².